The molecule has 1 aromatic heterocycles. The normalized spacial score (nSPS) is 31.1. The Morgan fingerprint density at radius 2 is 2.33 bits per heavy atom. The molecule has 1 aliphatic rings. The molecule has 15 heavy (non-hydrogen) atoms. The van der Waals surface area contributed by atoms with Crippen LogP contribution in [0.1, 0.15) is 31.8 Å². The summed E-state index contributed by atoms with van der Waals surface area (Å²) in [6.45, 7) is 8.53. The summed E-state index contributed by atoms with van der Waals surface area (Å²) in [6.07, 6.45) is 0.215. The van der Waals surface area contributed by atoms with E-state index in [2.05, 4.69) is 43.6 Å². The summed E-state index contributed by atoms with van der Waals surface area (Å²) in [7, 11) is 0. The number of nitrogens with one attached hydrogen (secondary N) is 1. The molecule has 0 saturated carbocycles. The van der Waals surface area contributed by atoms with Crippen molar-refractivity contribution in [1.82, 2.24) is 5.32 Å². The van der Waals surface area contributed by atoms with Crippen molar-refractivity contribution in [3.8, 4) is 0 Å². The maximum absolute atomic E-state index is 6.02. The summed E-state index contributed by atoms with van der Waals surface area (Å²) in [4.78, 5) is 1.33. The van der Waals surface area contributed by atoms with Gasteiger partial charge in [-0.25, -0.2) is 0 Å². The standard InChI is InChI=1S/C12H19NOS/c1-9-11(10-5-4-6-15-10)14-8-12(2,3)7-13-9/h4-6,9,11,13H,7-8H2,1-3H3. The van der Waals surface area contributed by atoms with E-state index >= 15 is 0 Å². The molecule has 1 saturated heterocycles. The van der Waals surface area contributed by atoms with Crippen LogP contribution in [0, 0.1) is 5.41 Å². The summed E-state index contributed by atoms with van der Waals surface area (Å²) in [5.41, 5.74) is 0.236. The van der Waals surface area contributed by atoms with Gasteiger partial charge in [-0.15, -0.1) is 11.3 Å². The van der Waals surface area contributed by atoms with Crippen LogP contribution in [-0.2, 0) is 4.74 Å². The molecule has 1 fully saturated rings. The van der Waals surface area contributed by atoms with Crippen molar-refractivity contribution >= 4 is 11.3 Å². The third kappa shape index (κ3) is 2.60. The minimum atomic E-state index is 0.215. The van der Waals surface area contributed by atoms with E-state index in [9.17, 15) is 0 Å². The van der Waals surface area contributed by atoms with Gasteiger partial charge in [0.05, 0.1) is 6.61 Å². The van der Waals surface area contributed by atoms with Gasteiger partial charge in [0.2, 0.25) is 0 Å². The molecule has 2 atom stereocenters. The molecule has 0 radical (unpaired) electrons. The fourth-order valence-corrected chi connectivity index (χ4v) is 2.71. The lowest BCUT2D eigenvalue weighted by Crippen LogP contribution is -2.35. The molecule has 0 aliphatic carbocycles. The Balaban J connectivity index is 2.12. The first kappa shape index (κ1) is 11.1. The second-order valence-electron chi connectivity index (χ2n) is 5.08. The molecule has 1 aliphatic heterocycles. The maximum Gasteiger partial charge on any atom is 0.107 e. The average Bonchev–Trinajstić information content (AvgIpc) is 2.64. The molecule has 2 nitrogen and oxygen atoms in total. The average molecular weight is 225 g/mol. The van der Waals surface area contributed by atoms with E-state index in [0.717, 1.165) is 13.2 Å². The Morgan fingerprint density at radius 3 is 3.00 bits per heavy atom. The van der Waals surface area contributed by atoms with Crippen LogP contribution >= 0.6 is 11.3 Å². The Kier molecular flexibility index (Phi) is 3.14. The highest BCUT2D eigenvalue weighted by molar-refractivity contribution is 7.10. The highest BCUT2D eigenvalue weighted by atomic mass is 32.1. The summed E-state index contributed by atoms with van der Waals surface area (Å²) in [6, 6.07) is 4.64. The minimum absolute atomic E-state index is 0.215. The van der Waals surface area contributed by atoms with Crippen LogP contribution < -0.4 is 5.32 Å². The second-order valence-corrected chi connectivity index (χ2v) is 6.06. The van der Waals surface area contributed by atoms with Gasteiger partial charge in [-0.05, 0) is 18.4 Å². The predicted octanol–water partition coefficient (Wildman–Crippen LogP) is 2.82. The van der Waals surface area contributed by atoms with E-state index in [1.54, 1.807) is 11.3 Å². The minimum Gasteiger partial charge on any atom is -0.370 e. The van der Waals surface area contributed by atoms with Crippen molar-refractivity contribution in [3.05, 3.63) is 22.4 Å². The summed E-state index contributed by atoms with van der Waals surface area (Å²) in [5, 5.41) is 5.67. The Morgan fingerprint density at radius 1 is 1.53 bits per heavy atom. The largest absolute Gasteiger partial charge is 0.370 e. The molecular formula is C12H19NOS. The molecular weight excluding hydrogens is 206 g/mol. The van der Waals surface area contributed by atoms with E-state index in [1.165, 1.54) is 4.88 Å². The first-order chi connectivity index (χ1) is 7.08. The number of rotatable bonds is 1. The highest BCUT2D eigenvalue weighted by Crippen LogP contribution is 2.30. The molecule has 0 amide bonds. The highest BCUT2D eigenvalue weighted by Gasteiger charge is 2.30. The number of hydrogen-bond acceptors (Lipinski definition) is 3. The van der Waals surface area contributed by atoms with Crippen molar-refractivity contribution in [2.24, 2.45) is 5.41 Å². The van der Waals surface area contributed by atoms with Gasteiger partial charge in [0, 0.05) is 22.9 Å². The molecule has 0 aromatic carbocycles. The predicted molar refractivity (Wildman–Crippen MR) is 64.3 cm³/mol. The van der Waals surface area contributed by atoms with E-state index in [0.29, 0.717) is 6.04 Å². The van der Waals surface area contributed by atoms with Gasteiger partial charge in [-0.2, -0.15) is 0 Å². The fourth-order valence-electron chi connectivity index (χ4n) is 1.84. The Bertz CT molecular complexity index is 307. The van der Waals surface area contributed by atoms with Crippen molar-refractivity contribution in [3.63, 3.8) is 0 Å². The zero-order valence-corrected chi connectivity index (χ0v) is 10.4. The third-order valence-corrected chi connectivity index (χ3v) is 3.77. The van der Waals surface area contributed by atoms with Gasteiger partial charge in [-0.1, -0.05) is 19.9 Å². The van der Waals surface area contributed by atoms with Gasteiger partial charge in [-0.3, -0.25) is 0 Å². The Hall–Kier alpha value is -0.380. The van der Waals surface area contributed by atoms with Crippen molar-refractivity contribution in [2.45, 2.75) is 32.9 Å². The number of hydrogen-bond donors (Lipinski definition) is 1. The molecule has 2 unspecified atom stereocenters. The van der Waals surface area contributed by atoms with Crippen LogP contribution in [0.25, 0.3) is 0 Å². The molecule has 2 heterocycles. The zero-order valence-electron chi connectivity index (χ0n) is 9.62. The lowest BCUT2D eigenvalue weighted by molar-refractivity contribution is 0.0147. The Labute approximate surface area is 95.6 Å². The second kappa shape index (κ2) is 4.24. The van der Waals surface area contributed by atoms with Gasteiger partial charge >= 0.3 is 0 Å². The number of thiophene rings is 1. The van der Waals surface area contributed by atoms with Crippen LogP contribution in [0.2, 0.25) is 0 Å². The molecule has 0 spiro atoms. The van der Waals surface area contributed by atoms with Gasteiger partial charge < -0.3 is 10.1 Å². The van der Waals surface area contributed by atoms with Crippen LogP contribution in [0.5, 0.6) is 0 Å². The van der Waals surface area contributed by atoms with Gasteiger partial charge in [0.15, 0.2) is 0 Å². The van der Waals surface area contributed by atoms with Crippen LogP contribution in [0.15, 0.2) is 17.5 Å². The van der Waals surface area contributed by atoms with E-state index < -0.39 is 0 Å². The van der Waals surface area contributed by atoms with E-state index in [-0.39, 0.29) is 11.5 Å². The SMILES string of the molecule is CC1NCC(C)(C)COC1c1cccs1. The van der Waals surface area contributed by atoms with E-state index in [4.69, 9.17) is 4.74 Å². The lowest BCUT2D eigenvalue weighted by Gasteiger charge is -2.21. The first-order valence-electron chi connectivity index (χ1n) is 5.47. The van der Waals surface area contributed by atoms with Crippen LogP contribution in [0.4, 0.5) is 0 Å². The summed E-state index contributed by atoms with van der Waals surface area (Å²) >= 11 is 1.78. The third-order valence-electron chi connectivity index (χ3n) is 2.83. The van der Waals surface area contributed by atoms with Crippen molar-refractivity contribution in [1.29, 1.82) is 0 Å². The molecule has 1 aromatic rings. The number of ether oxygens (including phenoxy) is 1. The monoisotopic (exact) mass is 225 g/mol. The van der Waals surface area contributed by atoms with E-state index in [1.807, 2.05) is 0 Å². The fraction of sp³-hybridized carbons (Fsp3) is 0.667. The molecule has 3 heteroatoms. The van der Waals surface area contributed by atoms with Crippen molar-refractivity contribution < 1.29 is 4.74 Å². The van der Waals surface area contributed by atoms with Crippen molar-refractivity contribution in [2.75, 3.05) is 13.2 Å². The molecule has 1 N–H and O–H groups in total. The first-order valence-corrected chi connectivity index (χ1v) is 6.35. The zero-order chi connectivity index (χ0) is 10.9. The molecule has 2 rings (SSSR count). The van der Waals surface area contributed by atoms with Crippen LogP contribution in [-0.4, -0.2) is 19.2 Å². The summed E-state index contributed by atoms with van der Waals surface area (Å²) in [5.74, 6) is 0. The smallest absolute Gasteiger partial charge is 0.107 e. The maximum atomic E-state index is 6.02. The molecule has 84 valence electrons. The van der Waals surface area contributed by atoms with Gasteiger partial charge in [0.1, 0.15) is 6.10 Å². The summed E-state index contributed by atoms with van der Waals surface area (Å²) < 4.78 is 6.02. The quantitative estimate of drug-likeness (QED) is 0.793. The topological polar surface area (TPSA) is 21.3 Å². The van der Waals surface area contributed by atoms with Gasteiger partial charge in [0.25, 0.3) is 0 Å². The lowest BCUT2D eigenvalue weighted by atomic mass is 9.95. The molecule has 0 bridgehead atoms. The van der Waals surface area contributed by atoms with Crippen LogP contribution in [0.3, 0.4) is 0 Å².